The lowest BCUT2D eigenvalue weighted by molar-refractivity contribution is -0.123. The maximum Gasteiger partial charge on any atom is 0.263 e. The molecule has 0 spiro atoms. The molecule has 2 aliphatic heterocycles. The van der Waals surface area contributed by atoms with Gasteiger partial charge in [-0.1, -0.05) is 40.2 Å². The standard InChI is InChI=1S/C22H17ClN6O3/c23-15-6-2-5-14(9-15)20-24-17(32-26-20)11-28-19-18(25-27-28)21(30)29(22(19)31)16-8-7-12-3-1-4-13(12)10-16/h2,5-10,18-19H,1,3-4,11H2/t18-,19-/m0/s1. The molecule has 3 aliphatic rings. The van der Waals surface area contributed by atoms with Crippen LogP contribution in [0.4, 0.5) is 5.69 Å². The van der Waals surface area contributed by atoms with Crippen LogP contribution in [-0.2, 0) is 29.0 Å². The molecule has 1 fully saturated rings. The first kappa shape index (κ1) is 19.1. The van der Waals surface area contributed by atoms with E-state index in [1.807, 2.05) is 24.3 Å². The predicted molar refractivity (Wildman–Crippen MR) is 114 cm³/mol. The Kier molecular flexibility index (Phi) is 4.32. The summed E-state index contributed by atoms with van der Waals surface area (Å²) in [4.78, 5) is 31.8. The van der Waals surface area contributed by atoms with E-state index < -0.39 is 12.1 Å². The zero-order valence-electron chi connectivity index (χ0n) is 16.8. The molecule has 0 N–H and O–H groups in total. The first-order chi connectivity index (χ1) is 15.6. The highest BCUT2D eigenvalue weighted by Crippen LogP contribution is 2.35. The average Bonchev–Trinajstić information content (AvgIpc) is 3.56. The number of amides is 2. The summed E-state index contributed by atoms with van der Waals surface area (Å²) in [5.74, 6) is -0.0774. The molecule has 1 saturated heterocycles. The summed E-state index contributed by atoms with van der Waals surface area (Å²) in [6.07, 6.45) is 3.09. The highest BCUT2D eigenvalue weighted by Gasteiger charge is 2.55. The van der Waals surface area contributed by atoms with Crippen LogP contribution in [0, 0.1) is 0 Å². The molecule has 0 bridgehead atoms. The van der Waals surface area contributed by atoms with Crippen LogP contribution in [0.25, 0.3) is 11.4 Å². The average molecular weight is 449 g/mol. The van der Waals surface area contributed by atoms with E-state index in [-0.39, 0.29) is 24.2 Å². The van der Waals surface area contributed by atoms with Crippen LogP contribution in [0.1, 0.15) is 23.4 Å². The molecule has 3 heterocycles. The summed E-state index contributed by atoms with van der Waals surface area (Å²) in [5, 5.41) is 14.1. The Morgan fingerprint density at radius 2 is 1.94 bits per heavy atom. The van der Waals surface area contributed by atoms with Gasteiger partial charge in [-0.3, -0.25) is 14.6 Å². The molecule has 9 nitrogen and oxygen atoms in total. The Labute approximate surface area is 187 Å². The number of benzene rings is 2. The monoisotopic (exact) mass is 448 g/mol. The number of halogens is 1. The third kappa shape index (κ3) is 3.00. The van der Waals surface area contributed by atoms with Crippen LogP contribution in [0.15, 0.2) is 57.3 Å². The van der Waals surface area contributed by atoms with Crippen molar-refractivity contribution in [3.63, 3.8) is 0 Å². The van der Waals surface area contributed by atoms with Gasteiger partial charge in [-0.05, 0) is 54.7 Å². The summed E-state index contributed by atoms with van der Waals surface area (Å²) in [6.45, 7) is 0.0648. The number of hydrogen-bond acceptors (Lipinski definition) is 8. The van der Waals surface area contributed by atoms with Gasteiger partial charge < -0.3 is 4.52 Å². The van der Waals surface area contributed by atoms with Gasteiger partial charge in [0.15, 0.2) is 12.1 Å². The predicted octanol–water partition coefficient (Wildman–Crippen LogP) is 3.37. The fourth-order valence-corrected chi connectivity index (χ4v) is 4.70. The van der Waals surface area contributed by atoms with Crippen LogP contribution in [-0.4, -0.2) is 39.0 Å². The minimum atomic E-state index is -0.869. The number of aromatic nitrogens is 2. The molecule has 1 aromatic heterocycles. The normalized spacial score (nSPS) is 21.5. The first-order valence-corrected chi connectivity index (χ1v) is 10.7. The second-order valence-electron chi connectivity index (χ2n) is 8.03. The maximum absolute atomic E-state index is 13.2. The van der Waals surface area contributed by atoms with E-state index >= 15 is 0 Å². The number of hydrogen-bond donors (Lipinski definition) is 0. The summed E-state index contributed by atoms with van der Waals surface area (Å²) in [6, 6.07) is 11.2. The Hall–Kier alpha value is -3.59. The number of anilines is 1. The van der Waals surface area contributed by atoms with Gasteiger partial charge in [-0.25, -0.2) is 4.90 Å². The van der Waals surface area contributed by atoms with Crippen LogP contribution >= 0.6 is 11.6 Å². The smallest absolute Gasteiger partial charge is 0.263 e. The molecular weight excluding hydrogens is 432 g/mol. The minimum absolute atomic E-state index is 0.0648. The molecule has 6 rings (SSSR count). The fourth-order valence-electron chi connectivity index (χ4n) is 4.51. The summed E-state index contributed by atoms with van der Waals surface area (Å²) >= 11 is 6.03. The van der Waals surface area contributed by atoms with Crippen LogP contribution in [0.3, 0.4) is 0 Å². The molecule has 2 amide bonds. The highest BCUT2D eigenvalue weighted by atomic mass is 35.5. The second-order valence-corrected chi connectivity index (χ2v) is 8.47. The van der Waals surface area contributed by atoms with Crippen molar-refractivity contribution in [3.8, 4) is 11.4 Å². The summed E-state index contributed by atoms with van der Waals surface area (Å²) in [7, 11) is 0. The van der Waals surface area contributed by atoms with Crippen molar-refractivity contribution in [2.75, 3.05) is 4.90 Å². The lowest BCUT2D eigenvalue weighted by Crippen LogP contribution is -2.39. The molecular formula is C22H17ClN6O3. The van der Waals surface area contributed by atoms with E-state index in [0.717, 1.165) is 19.3 Å². The summed E-state index contributed by atoms with van der Waals surface area (Å²) in [5.41, 5.74) is 3.77. The Morgan fingerprint density at radius 3 is 2.81 bits per heavy atom. The first-order valence-electron chi connectivity index (χ1n) is 10.3. The number of rotatable bonds is 4. The van der Waals surface area contributed by atoms with Gasteiger partial charge in [0, 0.05) is 10.6 Å². The summed E-state index contributed by atoms with van der Waals surface area (Å²) < 4.78 is 5.34. The molecule has 0 saturated carbocycles. The fraction of sp³-hybridized carbons (Fsp3) is 0.273. The van der Waals surface area contributed by atoms with Crippen LogP contribution in [0.5, 0.6) is 0 Å². The highest BCUT2D eigenvalue weighted by molar-refractivity contribution is 6.30. The molecule has 0 radical (unpaired) electrons. The van der Waals surface area contributed by atoms with Crippen molar-refractivity contribution < 1.29 is 14.1 Å². The van der Waals surface area contributed by atoms with Gasteiger partial charge in [-0.2, -0.15) is 10.1 Å². The lowest BCUT2D eigenvalue weighted by Gasteiger charge is -2.19. The molecule has 0 unspecified atom stereocenters. The molecule has 2 atom stereocenters. The van der Waals surface area contributed by atoms with E-state index in [0.29, 0.717) is 22.1 Å². The van der Waals surface area contributed by atoms with Gasteiger partial charge in [0.1, 0.15) is 6.54 Å². The van der Waals surface area contributed by atoms with E-state index in [1.165, 1.54) is 21.0 Å². The number of imide groups is 1. The van der Waals surface area contributed by atoms with E-state index in [4.69, 9.17) is 16.1 Å². The van der Waals surface area contributed by atoms with Crippen molar-refractivity contribution in [1.29, 1.82) is 0 Å². The molecule has 3 aromatic rings. The topological polar surface area (TPSA) is 104 Å². The lowest BCUT2D eigenvalue weighted by atomic mass is 10.1. The number of fused-ring (bicyclic) bond motifs is 2. The SMILES string of the molecule is O=C1[C@H]2N=NN(Cc3nc(-c4cccc(Cl)c4)no3)[C@@H]2C(=O)N1c1ccc2c(c1)CCC2. The molecule has 2 aromatic carbocycles. The van der Waals surface area contributed by atoms with Crippen molar-refractivity contribution in [2.45, 2.75) is 37.9 Å². The maximum atomic E-state index is 13.2. The Bertz CT molecular complexity index is 1290. The molecule has 160 valence electrons. The largest absolute Gasteiger partial charge is 0.337 e. The number of carbonyl (C=O) groups is 2. The minimum Gasteiger partial charge on any atom is -0.337 e. The zero-order valence-corrected chi connectivity index (χ0v) is 17.6. The van der Waals surface area contributed by atoms with Gasteiger partial charge >= 0.3 is 0 Å². The number of carbonyl (C=O) groups excluding carboxylic acids is 2. The zero-order chi connectivity index (χ0) is 21.8. The quantitative estimate of drug-likeness (QED) is 0.567. The van der Waals surface area contributed by atoms with Crippen molar-refractivity contribution in [1.82, 2.24) is 15.1 Å². The third-order valence-corrected chi connectivity index (χ3v) is 6.28. The number of aryl methyl sites for hydroxylation is 2. The van der Waals surface area contributed by atoms with E-state index in [2.05, 4.69) is 20.5 Å². The van der Waals surface area contributed by atoms with Crippen LogP contribution < -0.4 is 4.90 Å². The van der Waals surface area contributed by atoms with E-state index in [1.54, 1.807) is 18.2 Å². The van der Waals surface area contributed by atoms with Gasteiger partial charge in [-0.15, -0.1) is 0 Å². The van der Waals surface area contributed by atoms with E-state index in [9.17, 15) is 9.59 Å². The Balaban J connectivity index is 1.23. The van der Waals surface area contributed by atoms with Gasteiger partial charge in [0.05, 0.1) is 5.69 Å². The Morgan fingerprint density at radius 1 is 1.06 bits per heavy atom. The third-order valence-electron chi connectivity index (χ3n) is 6.05. The van der Waals surface area contributed by atoms with Crippen molar-refractivity contribution in [3.05, 3.63) is 64.5 Å². The number of nitrogens with zero attached hydrogens (tertiary/aromatic N) is 6. The van der Waals surface area contributed by atoms with Crippen molar-refractivity contribution >= 4 is 29.1 Å². The molecule has 10 heteroatoms. The molecule has 32 heavy (non-hydrogen) atoms. The van der Waals surface area contributed by atoms with Crippen LogP contribution in [0.2, 0.25) is 5.02 Å². The van der Waals surface area contributed by atoms with Gasteiger partial charge in [0.2, 0.25) is 11.7 Å². The molecule has 1 aliphatic carbocycles. The second kappa shape index (κ2) is 7.23. The van der Waals surface area contributed by atoms with Gasteiger partial charge in [0.25, 0.3) is 11.8 Å². The van der Waals surface area contributed by atoms with Crippen molar-refractivity contribution in [2.24, 2.45) is 10.3 Å².